The third-order valence-electron chi connectivity index (χ3n) is 4.97. The second kappa shape index (κ2) is 4.83. The number of fused-ring (bicyclic) bond motifs is 2. The van der Waals surface area contributed by atoms with Gasteiger partial charge in [-0.3, -0.25) is 4.79 Å². The molecule has 3 atom stereocenters. The Morgan fingerprint density at radius 3 is 2.62 bits per heavy atom. The third kappa shape index (κ3) is 1.95. The molecule has 3 heteroatoms. The normalized spacial score (nSPS) is 28.4. The van der Waals surface area contributed by atoms with Crippen LogP contribution in [0.15, 0.2) is 36.4 Å². The van der Waals surface area contributed by atoms with Crippen LogP contribution in [-0.2, 0) is 9.53 Å². The smallest absolute Gasteiger partial charge is 0.309 e. The molecule has 0 spiro atoms. The van der Waals surface area contributed by atoms with Crippen LogP contribution in [0.25, 0.3) is 10.8 Å². The summed E-state index contributed by atoms with van der Waals surface area (Å²) in [5, 5.41) is 1.46. The molecule has 0 radical (unpaired) electrons. The Hall–Kier alpha value is -1.90. The van der Waals surface area contributed by atoms with E-state index in [1.165, 1.54) is 6.07 Å². The summed E-state index contributed by atoms with van der Waals surface area (Å²) in [6, 6.07) is 10.7. The Morgan fingerprint density at radius 2 is 1.76 bits per heavy atom. The van der Waals surface area contributed by atoms with Crippen molar-refractivity contribution in [1.29, 1.82) is 0 Å². The Bertz CT molecular complexity index is 709. The van der Waals surface area contributed by atoms with Crippen LogP contribution in [0.2, 0.25) is 0 Å². The van der Waals surface area contributed by atoms with Crippen molar-refractivity contribution in [2.24, 2.45) is 11.8 Å². The molecule has 1 aliphatic carbocycles. The highest BCUT2D eigenvalue weighted by Gasteiger charge is 2.46. The molecule has 1 aliphatic heterocycles. The first-order valence-electron chi connectivity index (χ1n) is 7.63. The van der Waals surface area contributed by atoms with E-state index in [1.54, 1.807) is 12.1 Å². The van der Waals surface area contributed by atoms with Crippen LogP contribution in [0.5, 0.6) is 0 Å². The van der Waals surface area contributed by atoms with Crippen molar-refractivity contribution in [3.8, 4) is 0 Å². The fourth-order valence-electron chi connectivity index (χ4n) is 3.94. The molecule has 2 aromatic rings. The molecule has 0 amide bonds. The Balaban J connectivity index is 1.83. The number of cyclic esters (lactones) is 1. The molecule has 2 fully saturated rings. The first-order valence-corrected chi connectivity index (χ1v) is 7.63. The van der Waals surface area contributed by atoms with Crippen molar-refractivity contribution in [3.63, 3.8) is 0 Å². The molecule has 108 valence electrons. The zero-order valence-corrected chi connectivity index (χ0v) is 11.7. The minimum atomic E-state index is -0.223. The van der Waals surface area contributed by atoms with Crippen LogP contribution in [0.1, 0.15) is 37.4 Å². The summed E-state index contributed by atoms with van der Waals surface area (Å²) in [5.74, 6) is -0.00958. The summed E-state index contributed by atoms with van der Waals surface area (Å²) in [4.78, 5) is 12.1. The highest BCUT2D eigenvalue weighted by Crippen LogP contribution is 2.48. The Labute approximate surface area is 122 Å². The average Bonchev–Trinajstić information content (AvgIpc) is 2.86. The summed E-state index contributed by atoms with van der Waals surface area (Å²) in [6.45, 7) is 0. The van der Waals surface area contributed by atoms with Gasteiger partial charge in [0.1, 0.15) is 11.9 Å². The van der Waals surface area contributed by atoms with Crippen molar-refractivity contribution in [3.05, 3.63) is 47.8 Å². The van der Waals surface area contributed by atoms with Crippen LogP contribution < -0.4 is 0 Å². The lowest BCUT2D eigenvalue weighted by molar-refractivity contribution is -0.144. The van der Waals surface area contributed by atoms with Gasteiger partial charge in [-0.05, 0) is 24.3 Å². The molecule has 21 heavy (non-hydrogen) atoms. The predicted octanol–water partition coefficient (Wildman–Crippen LogP) is 4.38. The zero-order chi connectivity index (χ0) is 14.4. The van der Waals surface area contributed by atoms with Crippen molar-refractivity contribution < 1.29 is 13.9 Å². The van der Waals surface area contributed by atoms with E-state index < -0.39 is 0 Å². The molecule has 0 N–H and O–H groups in total. The molecular weight excluding hydrogens is 267 g/mol. The molecule has 2 nitrogen and oxygen atoms in total. The average molecular weight is 284 g/mol. The Morgan fingerprint density at radius 1 is 1.00 bits per heavy atom. The van der Waals surface area contributed by atoms with Crippen molar-refractivity contribution in [1.82, 2.24) is 0 Å². The third-order valence-corrected chi connectivity index (χ3v) is 4.97. The van der Waals surface area contributed by atoms with Crippen molar-refractivity contribution in [2.75, 3.05) is 0 Å². The number of ether oxygens (including phenoxy) is 1. The molecule has 0 aromatic heterocycles. The summed E-state index contributed by atoms with van der Waals surface area (Å²) >= 11 is 0. The molecular formula is C18H17FO2. The molecule has 2 aromatic carbocycles. The minimum absolute atomic E-state index is 0.0348. The standard InChI is InChI=1S/C18H17FO2/c19-16-10-9-14(11-5-1-2-6-12(11)16)17-13-7-3-4-8-15(13)18(20)21-17/h1-2,5-6,9-10,13,15,17H,3-4,7-8H2. The molecule has 3 unspecified atom stereocenters. The van der Waals surface area contributed by atoms with Crippen LogP contribution in [-0.4, -0.2) is 5.97 Å². The number of hydrogen-bond donors (Lipinski definition) is 0. The van der Waals surface area contributed by atoms with Gasteiger partial charge < -0.3 is 4.74 Å². The number of esters is 1. The summed E-state index contributed by atoms with van der Waals surface area (Å²) in [6.07, 6.45) is 3.99. The van der Waals surface area contributed by atoms with Gasteiger partial charge in [-0.1, -0.05) is 43.2 Å². The lowest BCUT2D eigenvalue weighted by atomic mass is 9.76. The van der Waals surface area contributed by atoms with Crippen molar-refractivity contribution >= 4 is 16.7 Å². The zero-order valence-electron chi connectivity index (χ0n) is 11.7. The van der Waals surface area contributed by atoms with Crippen molar-refractivity contribution in [2.45, 2.75) is 31.8 Å². The van der Waals surface area contributed by atoms with Gasteiger partial charge in [0.05, 0.1) is 5.92 Å². The largest absolute Gasteiger partial charge is 0.457 e. The molecule has 4 rings (SSSR count). The van der Waals surface area contributed by atoms with E-state index in [0.717, 1.165) is 36.6 Å². The van der Waals surface area contributed by atoms with Gasteiger partial charge in [0.2, 0.25) is 0 Å². The van der Waals surface area contributed by atoms with Gasteiger partial charge in [0, 0.05) is 16.9 Å². The van der Waals surface area contributed by atoms with E-state index in [-0.39, 0.29) is 29.7 Å². The second-order valence-electron chi connectivity index (χ2n) is 6.09. The number of carbonyl (C=O) groups excluding carboxylic acids is 1. The summed E-state index contributed by atoms with van der Waals surface area (Å²) in [5.41, 5.74) is 0.953. The molecule has 2 aliphatic rings. The molecule has 1 heterocycles. The highest BCUT2D eigenvalue weighted by molar-refractivity contribution is 5.87. The molecule has 0 bridgehead atoms. The first kappa shape index (κ1) is 12.8. The number of benzene rings is 2. The second-order valence-corrected chi connectivity index (χ2v) is 6.09. The van der Waals surface area contributed by atoms with Gasteiger partial charge in [-0.25, -0.2) is 4.39 Å². The maximum Gasteiger partial charge on any atom is 0.309 e. The number of carbonyl (C=O) groups is 1. The van der Waals surface area contributed by atoms with E-state index in [0.29, 0.717) is 5.39 Å². The fraction of sp³-hybridized carbons (Fsp3) is 0.389. The van der Waals surface area contributed by atoms with Gasteiger partial charge in [0.15, 0.2) is 0 Å². The predicted molar refractivity (Wildman–Crippen MR) is 78.2 cm³/mol. The van der Waals surface area contributed by atoms with Crippen LogP contribution in [0, 0.1) is 17.7 Å². The minimum Gasteiger partial charge on any atom is -0.457 e. The van der Waals surface area contributed by atoms with Crippen LogP contribution in [0.4, 0.5) is 4.39 Å². The summed E-state index contributed by atoms with van der Waals surface area (Å²) in [7, 11) is 0. The van der Waals surface area contributed by atoms with E-state index in [4.69, 9.17) is 4.74 Å². The lowest BCUT2D eigenvalue weighted by Gasteiger charge is -2.25. The maximum absolute atomic E-state index is 14.0. The Kier molecular flexibility index (Phi) is 2.95. The monoisotopic (exact) mass is 284 g/mol. The van der Waals surface area contributed by atoms with Gasteiger partial charge >= 0.3 is 5.97 Å². The number of hydrogen-bond acceptors (Lipinski definition) is 2. The quantitative estimate of drug-likeness (QED) is 0.726. The van der Waals surface area contributed by atoms with Crippen LogP contribution in [0.3, 0.4) is 0 Å². The van der Waals surface area contributed by atoms with Crippen LogP contribution >= 0.6 is 0 Å². The number of halogens is 1. The van der Waals surface area contributed by atoms with E-state index in [2.05, 4.69) is 0 Å². The topological polar surface area (TPSA) is 26.3 Å². The molecule has 1 saturated heterocycles. The van der Waals surface area contributed by atoms with Gasteiger partial charge in [-0.15, -0.1) is 0 Å². The van der Waals surface area contributed by atoms with E-state index in [1.807, 2.05) is 18.2 Å². The first-order chi connectivity index (χ1) is 10.3. The lowest BCUT2D eigenvalue weighted by Crippen LogP contribution is -2.21. The molecule has 1 saturated carbocycles. The number of rotatable bonds is 1. The summed E-state index contributed by atoms with van der Waals surface area (Å²) < 4.78 is 19.6. The van der Waals surface area contributed by atoms with Gasteiger partial charge in [-0.2, -0.15) is 0 Å². The van der Waals surface area contributed by atoms with Gasteiger partial charge in [0.25, 0.3) is 0 Å². The SMILES string of the molecule is O=C1OC(c2ccc(F)c3ccccc23)C2CCCCC12. The fourth-order valence-corrected chi connectivity index (χ4v) is 3.94. The highest BCUT2D eigenvalue weighted by atomic mass is 19.1. The maximum atomic E-state index is 14.0. The van der Waals surface area contributed by atoms with E-state index in [9.17, 15) is 9.18 Å². The van der Waals surface area contributed by atoms with E-state index >= 15 is 0 Å².